The molecule has 0 bridgehead atoms. The van der Waals surface area contributed by atoms with Crippen LogP contribution < -0.4 is 0 Å². The summed E-state index contributed by atoms with van der Waals surface area (Å²) >= 11 is 0. The van der Waals surface area contributed by atoms with E-state index in [1.807, 2.05) is 29.2 Å². The zero-order valence-corrected chi connectivity index (χ0v) is 13.1. The summed E-state index contributed by atoms with van der Waals surface area (Å²) in [6.07, 6.45) is 5.05. The van der Waals surface area contributed by atoms with Gasteiger partial charge < -0.3 is 9.88 Å². The number of hydrogen-bond acceptors (Lipinski definition) is 1. The van der Waals surface area contributed by atoms with Crippen LogP contribution in [0.3, 0.4) is 0 Å². The Labute approximate surface area is 135 Å². The number of nitrogens with zero attached hydrogens (tertiary/aromatic N) is 1. The van der Waals surface area contributed by atoms with E-state index in [-0.39, 0.29) is 5.91 Å². The Morgan fingerprint density at radius 2 is 1.87 bits per heavy atom. The van der Waals surface area contributed by atoms with Crippen molar-refractivity contribution in [3.8, 4) is 0 Å². The van der Waals surface area contributed by atoms with Crippen molar-refractivity contribution >= 4 is 16.8 Å². The van der Waals surface area contributed by atoms with Crippen molar-refractivity contribution in [2.45, 2.75) is 19.3 Å². The number of carbonyl (C=O) groups excluding carboxylic acids is 1. The predicted molar refractivity (Wildman–Crippen MR) is 92.7 cm³/mol. The van der Waals surface area contributed by atoms with Gasteiger partial charge in [-0.15, -0.1) is 0 Å². The van der Waals surface area contributed by atoms with E-state index in [1.165, 1.54) is 22.0 Å². The van der Waals surface area contributed by atoms with Gasteiger partial charge in [-0.3, -0.25) is 4.79 Å². The van der Waals surface area contributed by atoms with Crippen LogP contribution in [0.4, 0.5) is 0 Å². The van der Waals surface area contributed by atoms with Crippen molar-refractivity contribution in [2.75, 3.05) is 13.1 Å². The maximum absolute atomic E-state index is 12.5. The van der Waals surface area contributed by atoms with Crippen LogP contribution in [0.2, 0.25) is 0 Å². The Hall–Kier alpha value is -2.55. The van der Waals surface area contributed by atoms with Crippen molar-refractivity contribution < 1.29 is 4.79 Å². The number of aromatic nitrogens is 1. The number of hydrogen-bond donors (Lipinski definition) is 1. The molecule has 3 aromatic rings. The van der Waals surface area contributed by atoms with Gasteiger partial charge in [-0.2, -0.15) is 0 Å². The number of aryl methyl sites for hydroxylation is 1. The minimum atomic E-state index is 0.186. The van der Waals surface area contributed by atoms with Gasteiger partial charge in [0.15, 0.2) is 0 Å². The lowest BCUT2D eigenvalue weighted by molar-refractivity contribution is 0.0738. The van der Waals surface area contributed by atoms with Crippen molar-refractivity contribution in [3.63, 3.8) is 0 Å². The second-order valence-corrected chi connectivity index (χ2v) is 6.16. The number of para-hydroxylation sites is 1. The van der Waals surface area contributed by atoms with Gasteiger partial charge in [0.05, 0.1) is 0 Å². The van der Waals surface area contributed by atoms with Gasteiger partial charge in [0.25, 0.3) is 5.91 Å². The highest BCUT2D eigenvalue weighted by molar-refractivity contribution is 5.96. The van der Waals surface area contributed by atoms with Gasteiger partial charge in [-0.1, -0.05) is 36.4 Å². The summed E-state index contributed by atoms with van der Waals surface area (Å²) in [6.45, 7) is 1.66. The topological polar surface area (TPSA) is 36.1 Å². The molecule has 0 spiro atoms. The average Bonchev–Trinajstić information content (AvgIpc) is 3.01. The molecule has 1 aliphatic rings. The molecule has 3 nitrogen and oxygen atoms in total. The Kier molecular flexibility index (Phi) is 3.62. The van der Waals surface area contributed by atoms with Crippen LogP contribution in [0, 0.1) is 0 Å². The smallest absolute Gasteiger partial charge is 0.254 e. The minimum Gasteiger partial charge on any atom is -0.361 e. The lowest BCUT2D eigenvalue weighted by atomic mass is 9.99. The van der Waals surface area contributed by atoms with E-state index in [9.17, 15) is 4.79 Å². The number of nitrogens with one attached hydrogen (secondary N) is 1. The molecule has 1 N–H and O–H groups in total. The quantitative estimate of drug-likeness (QED) is 0.782. The van der Waals surface area contributed by atoms with Crippen molar-refractivity contribution in [3.05, 3.63) is 71.4 Å². The Morgan fingerprint density at radius 1 is 1.04 bits per heavy atom. The summed E-state index contributed by atoms with van der Waals surface area (Å²) in [4.78, 5) is 17.9. The molecule has 1 amide bonds. The van der Waals surface area contributed by atoms with Gasteiger partial charge in [0.2, 0.25) is 0 Å². The molecule has 0 saturated carbocycles. The molecular weight excluding hydrogens is 284 g/mol. The molecule has 1 aliphatic heterocycles. The number of benzene rings is 2. The first-order valence-corrected chi connectivity index (χ1v) is 8.25. The lowest BCUT2D eigenvalue weighted by Gasteiger charge is -2.28. The SMILES string of the molecule is O=C1c2ccccc2CCN1CCCc1c[nH]c2ccccc12. The molecule has 3 heteroatoms. The van der Waals surface area contributed by atoms with E-state index >= 15 is 0 Å². The zero-order valence-electron chi connectivity index (χ0n) is 13.1. The zero-order chi connectivity index (χ0) is 15.6. The number of fused-ring (bicyclic) bond motifs is 2. The van der Waals surface area contributed by atoms with Crippen LogP contribution in [-0.2, 0) is 12.8 Å². The molecule has 2 aromatic carbocycles. The number of carbonyl (C=O) groups is 1. The van der Waals surface area contributed by atoms with E-state index < -0.39 is 0 Å². The van der Waals surface area contributed by atoms with Gasteiger partial charge in [-0.25, -0.2) is 0 Å². The Bertz CT molecular complexity index is 849. The Balaban J connectivity index is 1.41. The number of aromatic amines is 1. The summed E-state index contributed by atoms with van der Waals surface area (Å²) in [6, 6.07) is 16.4. The Morgan fingerprint density at radius 3 is 2.83 bits per heavy atom. The first-order valence-electron chi connectivity index (χ1n) is 8.25. The third kappa shape index (κ3) is 2.63. The third-order valence-electron chi connectivity index (χ3n) is 4.74. The highest BCUT2D eigenvalue weighted by atomic mass is 16.2. The fourth-order valence-electron chi connectivity index (χ4n) is 3.49. The molecule has 0 saturated heterocycles. The predicted octanol–water partition coefficient (Wildman–Crippen LogP) is 3.80. The maximum atomic E-state index is 12.5. The largest absolute Gasteiger partial charge is 0.361 e. The summed E-state index contributed by atoms with van der Waals surface area (Å²) in [7, 11) is 0. The number of rotatable bonds is 4. The van der Waals surface area contributed by atoms with Crippen LogP contribution in [0.25, 0.3) is 10.9 Å². The molecule has 4 rings (SSSR count). The fraction of sp³-hybridized carbons (Fsp3) is 0.250. The molecule has 0 unspecified atom stereocenters. The molecule has 2 heterocycles. The van der Waals surface area contributed by atoms with Crippen LogP contribution >= 0.6 is 0 Å². The fourth-order valence-corrected chi connectivity index (χ4v) is 3.49. The van der Waals surface area contributed by atoms with E-state index in [2.05, 4.69) is 35.4 Å². The van der Waals surface area contributed by atoms with Crippen LogP contribution in [-0.4, -0.2) is 28.9 Å². The van der Waals surface area contributed by atoms with Crippen LogP contribution in [0.5, 0.6) is 0 Å². The van der Waals surface area contributed by atoms with Gasteiger partial charge in [-0.05, 0) is 42.5 Å². The van der Waals surface area contributed by atoms with Crippen molar-refractivity contribution in [1.29, 1.82) is 0 Å². The van der Waals surface area contributed by atoms with Crippen molar-refractivity contribution in [1.82, 2.24) is 9.88 Å². The highest BCUT2D eigenvalue weighted by Crippen LogP contribution is 2.21. The standard InChI is InChI=1S/C20H20N2O/c23-20-18-9-2-1-6-15(18)11-13-22(20)12-5-7-16-14-21-19-10-4-3-8-17(16)19/h1-4,6,8-10,14,21H,5,7,11-13H2. The van der Waals surface area contributed by atoms with Gasteiger partial charge >= 0.3 is 0 Å². The van der Waals surface area contributed by atoms with E-state index in [4.69, 9.17) is 0 Å². The molecule has 0 fully saturated rings. The molecule has 0 atom stereocenters. The number of H-pyrrole nitrogens is 1. The van der Waals surface area contributed by atoms with E-state index in [1.54, 1.807) is 0 Å². The van der Waals surface area contributed by atoms with E-state index in [0.29, 0.717) is 0 Å². The average molecular weight is 304 g/mol. The van der Waals surface area contributed by atoms with Crippen LogP contribution in [0.15, 0.2) is 54.7 Å². The molecule has 1 aromatic heterocycles. The number of amides is 1. The lowest BCUT2D eigenvalue weighted by Crippen LogP contribution is -2.38. The monoisotopic (exact) mass is 304 g/mol. The summed E-state index contributed by atoms with van der Waals surface area (Å²) in [5, 5.41) is 1.29. The summed E-state index contributed by atoms with van der Waals surface area (Å²) in [5.41, 5.74) is 4.59. The normalized spacial score (nSPS) is 14.3. The molecular formula is C20H20N2O. The van der Waals surface area contributed by atoms with Gasteiger partial charge in [0, 0.05) is 35.8 Å². The third-order valence-corrected chi connectivity index (χ3v) is 4.74. The maximum Gasteiger partial charge on any atom is 0.254 e. The first kappa shape index (κ1) is 14.1. The minimum absolute atomic E-state index is 0.186. The van der Waals surface area contributed by atoms with Crippen molar-refractivity contribution in [2.24, 2.45) is 0 Å². The second kappa shape index (κ2) is 5.92. The summed E-state index contributed by atoms with van der Waals surface area (Å²) < 4.78 is 0. The molecule has 0 radical (unpaired) electrons. The summed E-state index contributed by atoms with van der Waals surface area (Å²) in [5.74, 6) is 0.186. The van der Waals surface area contributed by atoms with E-state index in [0.717, 1.165) is 37.9 Å². The second-order valence-electron chi connectivity index (χ2n) is 6.16. The first-order chi connectivity index (χ1) is 11.3. The molecule has 0 aliphatic carbocycles. The highest BCUT2D eigenvalue weighted by Gasteiger charge is 2.23. The van der Waals surface area contributed by atoms with Gasteiger partial charge in [0.1, 0.15) is 0 Å². The van der Waals surface area contributed by atoms with Crippen LogP contribution in [0.1, 0.15) is 27.9 Å². The molecule has 116 valence electrons. The molecule has 23 heavy (non-hydrogen) atoms.